The van der Waals surface area contributed by atoms with Gasteiger partial charge in [-0.2, -0.15) is 0 Å². The van der Waals surface area contributed by atoms with E-state index in [0.29, 0.717) is 0 Å². The van der Waals surface area contributed by atoms with Crippen LogP contribution in [0.3, 0.4) is 0 Å². The molecule has 0 bridgehead atoms. The summed E-state index contributed by atoms with van der Waals surface area (Å²) in [6.07, 6.45) is 3.93. The minimum Gasteiger partial charge on any atom is -0.264 e. The molecule has 0 aliphatic rings. The molecule has 0 N–H and O–H groups in total. The summed E-state index contributed by atoms with van der Waals surface area (Å²) in [6, 6.07) is 43.3. The van der Waals surface area contributed by atoms with Crippen LogP contribution in [0, 0.1) is 0 Å². The van der Waals surface area contributed by atoms with Gasteiger partial charge < -0.3 is 0 Å². The van der Waals surface area contributed by atoms with Gasteiger partial charge in [-0.3, -0.25) is 4.98 Å². The average molecular weight is 547 g/mol. The van der Waals surface area contributed by atoms with Crippen LogP contribution in [0.2, 0.25) is 0 Å². The minimum atomic E-state index is 1.05. The van der Waals surface area contributed by atoms with Crippen LogP contribution in [0.1, 0.15) is 0 Å². The van der Waals surface area contributed by atoms with E-state index in [9.17, 15) is 0 Å². The van der Waals surface area contributed by atoms with Crippen LogP contribution < -0.4 is 0 Å². The first-order valence-electron chi connectivity index (χ1n) is 13.2. The van der Waals surface area contributed by atoms with Crippen LogP contribution in [-0.2, 0) is 0 Å². The van der Waals surface area contributed by atoms with Crippen LogP contribution in [0.25, 0.3) is 64.2 Å². The van der Waals surface area contributed by atoms with E-state index in [4.69, 9.17) is 4.98 Å². The summed E-state index contributed by atoms with van der Waals surface area (Å²) in [5, 5.41) is 8.44. The zero-order valence-electron chi connectivity index (χ0n) is 21.4. The molecule has 0 amide bonds. The van der Waals surface area contributed by atoms with Crippen LogP contribution in [0.5, 0.6) is 0 Å². The van der Waals surface area contributed by atoms with Crippen molar-refractivity contribution in [2.75, 3.05) is 0 Å². The molecule has 0 saturated heterocycles. The van der Waals surface area contributed by atoms with Crippen LogP contribution in [-0.4, -0.2) is 9.97 Å². The summed E-state index contributed by atoms with van der Waals surface area (Å²) in [5.74, 6) is 0. The van der Waals surface area contributed by atoms with E-state index in [1.807, 2.05) is 30.2 Å². The Morgan fingerprint density at radius 3 is 2.17 bits per heavy atom. The van der Waals surface area contributed by atoms with E-state index in [-0.39, 0.29) is 0 Å². The number of aromatic nitrogens is 2. The Balaban J connectivity index is 1.28. The molecule has 0 radical (unpaired) electrons. The zero-order valence-corrected chi connectivity index (χ0v) is 23.0. The normalized spacial score (nSPS) is 11.6. The van der Waals surface area contributed by atoms with Gasteiger partial charge in [-0.05, 0) is 68.4 Å². The first-order valence-corrected chi connectivity index (χ1v) is 14.9. The summed E-state index contributed by atoms with van der Waals surface area (Å²) in [6.45, 7) is 0. The highest BCUT2D eigenvalue weighted by molar-refractivity contribution is 7.99. The van der Waals surface area contributed by atoms with Gasteiger partial charge in [0.25, 0.3) is 0 Å². The Kier molecular flexibility index (Phi) is 5.61. The highest BCUT2D eigenvalue weighted by atomic mass is 32.2. The molecule has 0 atom stereocenters. The molecule has 0 unspecified atom stereocenters. The molecule has 0 aliphatic heterocycles. The first kappa shape index (κ1) is 23.4. The van der Waals surface area contributed by atoms with Crippen molar-refractivity contribution in [2.45, 2.75) is 9.79 Å². The fourth-order valence-electron chi connectivity index (χ4n) is 5.60. The van der Waals surface area contributed by atoms with E-state index in [2.05, 4.69) is 120 Å². The van der Waals surface area contributed by atoms with Gasteiger partial charge in [0.15, 0.2) is 0 Å². The van der Waals surface area contributed by atoms with E-state index in [1.54, 1.807) is 11.3 Å². The Morgan fingerprint density at radius 1 is 0.575 bits per heavy atom. The third-order valence-corrected chi connectivity index (χ3v) is 9.69. The molecule has 6 aromatic carbocycles. The molecule has 188 valence electrons. The third-order valence-electron chi connectivity index (χ3n) is 7.45. The van der Waals surface area contributed by atoms with Gasteiger partial charge in [0.1, 0.15) is 5.01 Å². The van der Waals surface area contributed by atoms with Crippen molar-refractivity contribution in [2.24, 2.45) is 0 Å². The van der Waals surface area contributed by atoms with Crippen molar-refractivity contribution in [3.8, 4) is 21.7 Å². The predicted molar refractivity (Wildman–Crippen MR) is 171 cm³/mol. The summed E-state index contributed by atoms with van der Waals surface area (Å²) in [5.41, 5.74) is 4.68. The van der Waals surface area contributed by atoms with Crippen molar-refractivity contribution < 1.29 is 0 Å². The highest BCUT2D eigenvalue weighted by Gasteiger charge is 2.18. The maximum atomic E-state index is 4.84. The Labute approximate surface area is 240 Å². The van der Waals surface area contributed by atoms with Crippen molar-refractivity contribution in [3.05, 3.63) is 134 Å². The van der Waals surface area contributed by atoms with Crippen LogP contribution in [0.4, 0.5) is 0 Å². The Hall–Kier alpha value is -4.51. The maximum absolute atomic E-state index is 4.84. The second-order valence-corrected chi connectivity index (χ2v) is 11.9. The molecule has 0 aliphatic carbocycles. The molecule has 8 rings (SSSR count). The minimum absolute atomic E-state index is 1.05. The number of hydrogen-bond donors (Lipinski definition) is 0. The average Bonchev–Trinajstić information content (AvgIpc) is 3.46. The van der Waals surface area contributed by atoms with E-state index >= 15 is 0 Å². The van der Waals surface area contributed by atoms with Gasteiger partial charge in [0.2, 0.25) is 0 Å². The van der Waals surface area contributed by atoms with Crippen LogP contribution in [0.15, 0.2) is 144 Å². The molecule has 40 heavy (non-hydrogen) atoms. The predicted octanol–water partition coefficient (Wildman–Crippen LogP) is 10.6. The summed E-state index contributed by atoms with van der Waals surface area (Å²) < 4.78 is 1.22. The van der Waals surface area contributed by atoms with Crippen molar-refractivity contribution in [1.29, 1.82) is 0 Å². The number of thiazole rings is 1. The standard InChI is InChI=1S/C36H22N2S2/c1-2-10-26-23(8-1)9-7-13-27(26)34-28-11-3-4-12-29(28)35(30-20-21-37-22-31(30)34)39-25-18-16-24(17-19-25)36-38-32-14-5-6-15-33(32)40-36/h1-22H. The molecule has 2 aromatic heterocycles. The molecular weight excluding hydrogens is 525 g/mol. The van der Waals surface area contributed by atoms with Crippen LogP contribution >= 0.6 is 23.1 Å². The van der Waals surface area contributed by atoms with Gasteiger partial charge in [0.05, 0.1) is 10.2 Å². The van der Waals surface area contributed by atoms with Gasteiger partial charge in [-0.15, -0.1) is 11.3 Å². The Morgan fingerprint density at radius 2 is 1.30 bits per heavy atom. The van der Waals surface area contributed by atoms with E-state index < -0.39 is 0 Å². The molecular formula is C36H22N2S2. The lowest BCUT2D eigenvalue weighted by molar-refractivity contribution is 1.36. The lowest BCUT2D eigenvalue weighted by atomic mass is 9.90. The number of nitrogens with zero attached hydrogens (tertiary/aromatic N) is 2. The van der Waals surface area contributed by atoms with Gasteiger partial charge >= 0.3 is 0 Å². The number of rotatable bonds is 4. The number of para-hydroxylation sites is 1. The van der Waals surface area contributed by atoms with E-state index in [1.165, 1.54) is 57.9 Å². The number of hydrogen-bond acceptors (Lipinski definition) is 4. The molecule has 0 spiro atoms. The second kappa shape index (κ2) is 9.60. The molecule has 2 nitrogen and oxygen atoms in total. The number of pyridine rings is 1. The fourth-order valence-corrected chi connectivity index (χ4v) is 7.66. The fraction of sp³-hybridized carbons (Fsp3) is 0. The smallest absolute Gasteiger partial charge is 0.124 e. The maximum Gasteiger partial charge on any atom is 0.124 e. The monoisotopic (exact) mass is 546 g/mol. The third kappa shape index (κ3) is 3.88. The zero-order chi connectivity index (χ0) is 26.5. The topological polar surface area (TPSA) is 25.8 Å². The Bertz CT molecular complexity index is 2100. The summed E-state index contributed by atoms with van der Waals surface area (Å²) >= 11 is 3.56. The largest absolute Gasteiger partial charge is 0.264 e. The lowest BCUT2D eigenvalue weighted by Gasteiger charge is -2.18. The van der Waals surface area contributed by atoms with E-state index in [0.717, 1.165) is 16.1 Å². The number of benzene rings is 6. The second-order valence-electron chi connectivity index (χ2n) is 9.81. The van der Waals surface area contributed by atoms with Gasteiger partial charge in [0, 0.05) is 33.1 Å². The molecule has 2 heterocycles. The SMILES string of the molecule is c1ccc2c(-c3c4ccccc4c(Sc4ccc(-c5nc6ccccc6s5)cc4)c4ccncc34)cccc2c1. The van der Waals surface area contributed by atoms with Crippen molar-refractivity contribution >= 4 is 65.6 Å². The van der Waals surface area contributed by atoms with Gasteiger partial charge in [-0.1, -0.05) is 103 Å². The quantitative estimate of drug-likeness (QED) is 0.205. The first-order chi connectivity index (χ1) is 19.8. The summed E-state index contributed by atoms with van der Waals surface area (Å²) in [4.78, 5) is 11.9. The van der Waals surface area contributed by atoms with Gasteiger partial charge in [-0.25, -0.2) is 4.98 Å². The van der Waals surface area contributed by atoms with Crippen molar-refractivity contribution in [1.82, 2.24) is 9.97 Å². The molecule has 0 fully saturated rings. The molecule has 8 aromatic rings. The summed E-state index contributed by atoms with van der Waals surface area (Å²) in [7, 11) is 0. The lowest BCUT2D eigenvalue weighted by Crippen LogP contribution is -1.91. The van der Waals surface area contributed by atoms with Crippen molar-refractivity contribution in [3.63, 3.8) is 0 Å². The number of fused-ring (bicyclic) bond motifs is 4. The highest BCUT2D eigenvalue weighted by Crippen LogP contribution is 2.46. The molecule has 0 saturated carbocycles. The molecule has 4 heteroatoms.